The number of benzene rings is 2. The van der Waals surface area contributed by atoms with Gasteiger partial charge in [-0.1, -0.05) is 30.3 Å². The third-order valence-electron chi connectivity index (χ3n) is 4.01. The molecule has 0 bridgehead atoms. The number of aliphatic hydroxyl groups is 1. The van der Waals surface area contributed by atoms with Gasteiger partial charge in [-0.3, -0.25) is 4.79 Å². The van der Waals surface area contributed by atoms with Crippen molar-refractivity contribution in [1.82, 2.24) is 9.78 Å². The van der Waals surface area contributed by atoms with Crippen molar-refractivity contribution in [3.63, 3.8) is 0 Å². The monoisotopic (exact) mass is 394 g/mol. The van der Waals surface area contributed by atoms with Crippen LogP contribution in [0.2, 0.25) is 0 Å². The number of ether oxygens (including phenoxy) is 1. The third kappa shape index (κ3) is 5.20. The first-order valence-corrected chi connectivity index (χ1v) is 9.11. The van der Waals surface area contributed by atoms with Crippen LogP contribution in [0.5, 0.6) is 0 Å². The van der Waals surface area contributed by atoms with Gasteiger partial charge in [0.05, 0.1) is 23.6 Å². The number of aliphatic hydroxyl groups excluding tert-OH is 1. The number of aromatic nitrogens is 2. The van der Waals surface area contributed by atoms with Crippen molar-refractivity contribution in [3.05, 3.63) is 71.9 Å². The molecule has 3 N–H and O–H groups in total. The summed E-state index contributed by atoms with van der Waals surface area (Å²) in [5.41, 5.74) is 2.37. The van der Waals surface area contributed by atoms with E-state index < -0.39 is 18.5 Å². The average molecular weight is 394 g/mol. The summed E-state index contributed by atoms with van der Waals surface area (Å²) < 4.78 is 6.77. The molecule has 8 heteroatoms. The zero-order valence-electron chi connectivity index (χ0n) is 16.0. The molecule has 0 radical (unpaired) electrons. The Labute approximate surface area is 168 Å². The van der Waals surface area contributed by atoms with Gasteiger partial charge in [0.25, 0.3) is 5.91 Å². The number of aryl methyl sites for hydroxylation is 1. The number of amides is 1. The normalized spacial score (nSPS) is 10.4. The van der Waals surface area contributed by atoms with Crippen LogP contribution in [-0.4, -0.2) is 46.5 Å². The first-order valence-electron chi connectivity index (χ1n) is 9.11. The number of para-hydroxylation sites is 2. The van der Waals surface area contributed by atoms with E-state index in [9.17, 15) is 9.59 Å². The fourth-order valence-electron chi connectivity index (χ4n) is 2.75. The van der Waals surface area contributed by atoms with Gasteiger partial charge < -0.3 is 20.5 Å². The molecule has 0 spiro atoms. The van der Waals surface area contributed by atoms with Crippen molar-refractivity contribution in [2.45, 2.75) is 6.92 Å². The first-order chi connectivity index (χ1) is 14.1. The van der Waals surface area contributed by atoms with Crippen molar-refractivity contribution in [3.8, 4) is 5.69 Å². The fourth-order valence-corrected chi connectivity index (χ4v) is 2.75. The lowest BCUT2D eigenvalue weighted by molar-refractivity contribution is -0.119. The highest BCUT2D eigenvalue weighted by molar-refractivity contribution is 5.98. The molecule has 0 unspecified atom stereocenters. The second kappa shape index (κ2) is 9.52. The third-order valence-corrected chi connectivity index (χ3v) is 4.01. The Kier molecular flexibility index (Phi) is 6.59. The summed E-state index contributed by atoms with van der Waals surface area (Å²) in [4.78, 5) is 24.7. The number of rotatable bonds is 8. The van der Waals surface area contributed by atoms with Crippen LogP contribution < -0.4 is 10.6 Å². The largest absolute Gasteiger partial charge is 0.452 e. The number of nitrogens with zero attached hydrogens (tertiary/aromatic N) is 2. The number of hydrogen-bond acceptors (Lipinski definition) is 6. The molecule has 1 heterocycles. The number of esters is 1. The molecule has 0 saturated carbocycles. The Hall–Kier alpha value is -3.65. The van der Waals surface area contributed by atoms with Crippen LogP contribution in [0.4, 0.5) is 11.5 Å². The van der Waals surface area contributed by atoms with E-state index in [4.69, 9.17) is 9.84 Å². The van der Waals surface area contributed by atoms with Gasteiger partial charge >= 0.3 is 5.97 Å². The fraction of sp³-hybridized carbons (Fsp3) is 0.190. The van der Waals surface area contributed by atoms with E-state index in [1.807, 2.05) is 37.3 Å². The van der Waals surface area contributed by atoms with Gasteiger partial charge in [-0.25, -0.2) is 9.48 Å². The maximum Gasteiger partial charge on any atom is 0.340 e. The minimum absolute atomic E-state index is 0.0691. The second-order valence-electron chi connectivity index (χ2n) is 6.24. The Morgan fingerprint density at radius 3 is 2.59 bits per heavy atom. The number of carbonyl (C=O) groups excluding carboxylic acids is 2. The van der Waals surface area contributed by atoms with E-state index in [1.54, 1.807) is 35.0 Å². The lowest BCUT2D eigenvalue weighted by Crippen LogP contribution is -2.23. The van der Waals surface area contributed by atoms with Crippen molar-refractivity contribution >= 4 is 23.4 Å². The Balaban J connectivity index is 1.64. The van der Waals surface area contributed by atoms with E-state index >= 15 is 0 Å². The standard InChI is InChI=1S/C21H22N4O4/c1-15-13-19(25(24-15)16-7-3-2-4-8-16)23-20(27)14-29-21(28)17-9-5-6-10-18(17)22-11-12-26/h2-10,13,22,26H,11-12,14H2,1H3,(H,23,27). The van der Waals surface area contributed by atoms with Gasteiger partial charge in [-0.15, -0.1) is 0 Å². The van der Waals surface area contributed by atoms with E-state index in [-0.39, 0.29) is 6.61 Å². The summed E-state index contributed by atoms with van der Waals surface area (Å²) in [7, 11) is 0. The molecular weight excluding hydrogens is 372 g/mol. The second-order valence-corrected chi connectivity index (χ2v) is 6.24. The molecule has 3 aromatic rings. The number of hydrogen-bond donors (Lipinski definition) is 3. The van der Waals surface area contributed by atoms with Crippen LogP contribution in [0.25, 0.3) is 5.69 Å². The van der Waals surface area contributed by atoms with E-state index in [0.29, 0.717) is 23.6 Å². The lowest BCUT2D eigenvalue weighted by Gasteiger charge is -2.11. The van der Waals surface area contributed by atoms with Crippen molar-refractivity contribution in [1.29, 1.82) is 0 Å². The minimum atomic E-state index is -0.631. The predicted molar refractivity (Wildman–Crippen MR) is 109 cm³/mol. The highest BCUT2D eigenvalue weighted by Crippen LogP contribution is 2.18. The summed E-state index contributed by atoms with van der Waals surface area (Å²) in [5, 5.41) is 19.0. The van der Waals surface area contributed by atoms with Gasteiger partial charge in [0, 0.05) is 18.3 Å². The molecule has 0 aliphatic rings. The zero-order valence-corrected chi connectivity index (χ0v) is 16.0. The summed E-state index contributed by atoms with van der Waals surface area (Å²) in [6, 6.07) is 17.9. The smallest absolute Gasteiger partial charge is 0.340 e. The Morgan fingerprint density at radius 1 is 1.10 bits per heavy atom. The molecule has 0 atom stereocenters. The van der Waals surface area contributed by atoms with Crippen molar-refractivity contribution < 1.29 is 19.4 Å². The average Bonchev–Trinajstić information content (AvgIpc) is 3.11. The highest BCUT2D eigenvalue weighted by Gasteiger charge is 2.16. The van der Waals surface area contributed by atoms with Gasteiger partial charge in [0.1, 0.15) is 5.82 Å². The molecule has 0 aliphatic heterocycles. The molecule has 0 saturated heterocycles. The first kappa shape index (κ1) is 20.1. The minimum Gasteiger partial charge on any atom is -0.452 e. The number of anilines is 2. The van der Waals surface area contributed by atoms with E-state index in [1.165, 1.54) is 0 Å². The maximum absolute atomic E-state index is 12.4. The quantitative estimate of drug-likeness (QED) is 0.507. The summed E-state index contributed by atoms with van der Waals surface area (Å²) in [6.07, 6.45) is 0. The molecular formula is C21H22N4O4. The van der Waals surface area contributed by atoms with Gasteiger partial charge in [0.2, 0.25) is 0 Å². The Bertz CT molecular complexity index is 985. The maximum atomic E-state index is 12.4. The van der Waals surface area contributed by atoms with E-state index in [2.05, 4.69) is 15.7 Å². The Morgan fingerprint density at radius 2 is 1.83 bits per heavy atom. The van der Waals surface area contributed by atoms with Crippen LogP contribution in [0.15, 0.2) is 60.7 Å². The molecule has 0 aliphatic carbocycles. The van der Waals surface area contributed by atoms with Crippen LogP contribution in [0, 0.1) is 6.92 Å². The molecule has 0 fully saturated rings. The summed E-state index contributed by atoms with van der Waals surface area (Å²) in [6.45, 7) is 1.62. The molecule has 3 rings (SSSR count). The van der Waals surface area contributed by atoms with Gasteiger partial charge in [0.15, 0.2) is 6.61 Å². The predicted octanol–water partition coefficient (Wildman–Crippen LogP) is 2.38. The van der Waals surface area contributed by atoms with Crippen molar-refractivity contribution in [2.75, 3.05) is 30.4 Å². The molecule has 1 aromatic heterocycles. The lowest BCUT2D eigenvalue weighted by atomic mass is 10.2. The summed E-state index contributed by atoms with van der Waals surface area (Å²) in [5.74, 6) is -0.620. The van der Waals surface area contributed by atoms with Crippen LogP contribution >= 0.6 is 0 Å². The molecule has 1 amide bonds. The summed E-state index contributed by atoms with van der Waals surface area (Å²) >= 11 is 0. The van der Waals surface area contributed by atoms with Crippen LogP contribution in [0.1, 0.15) is 16.1 Å². The van der Waals surface area contributed by atoms with Crippen LogP contribution in [0.3, 0.4) is 0 Å². The SMILES string of the molecule is Cc1cc(NC(=O)COC(=O)c2ccccc2NCCO)n(-c2ccccc2)n1. The molecule has 150 valence electrons. The molecule has 2 aromatic carbocycles. The number of carbonyl (C=O) groups is 2. The van der Waals surface area contributed by atoms with E-state index in [0.717, 1.165) is 11.4 Å². The highest BCUT2D eigenvalue weighted by atomic mass is 16.5. The van der Waals surface area contributed by atoms with Gasteiger partial charge in [-0.2, -0.15) is 5.10 Å². The number of nitrogens with one attached hydrogen (secondary N) is 2. The zero-order chi connectivity index (χ0) is 20.6. The topological polar surface area (TPSA) is 105 Å². The van der Waals surface area contributed by atoms with Gasteiger partial charge in [-0.05, 0) is 31.2 Å². The van der Waals surface area contributed by atoms with Crippen LogP contribution in [-0.2, 0) is 9.53 Å². The molecule has 8 nitrogen and oxygen atoms in total. The van der Waals surface area contributed by atoms with Crippen molar-refractivity contribution in [2.24, 2.45) is 0 Å². The molecule has 29 heavy (non-hydrogen) atoms.